The number of hydrogen-bond donors (Lipinski definition) is 0. The lowest BCUT2D eigenvalue weighted by Crippen LogP contribution is -2.38. The van der Waals surface area contributed by atoms with Crippen molar-refractivity contribution in [2.45, 2.75) is 25.5 Å². The predicted octanol–water partition coefficient (Wildman–Crippen LogP) is 6.69. The molecule has 1 aliphatic heterocycles. The van der Waals surface area contributed by atoms with Gasteiger partial charge in [-0.15, -0.1) is 0 Å². The monoisotopic (exact) mass is 578 g/mol. The Morgan fingerprint density at radius 3 is 2.63 bits per heavy atom. The van der Waals surface area contributed by atoms with E-state index in [1.165, 1.54) is 29.0 Å². The average Bonchev–Trinajstić information content (AvgIpc) is 3.30. The van der Waals surface area contributed by atoms with Gasteiger partial charge in [0.2, 0.25) is 0 Å². The van der Waals surface area contributed by atoms with E-state index >= 15 is 0 Å². The van der Waals surface area contributed by atoms with Crippen LogP contribution in [0.15, 0.2) is 112 Å². The van der Waals surface area contributed by atoms with Crippen molar-refractivity contribution in [2.24, 2.45) is 4.99 Å². The molecular weight excluding hydrogens is 555 g/mol. The Kier molecular flexibility index (Phi) is 6.65. The molecule has 0 spiro atoms. The minimum atomic E-state index is -0.345. The fraction of sp³-hybridized carbons (Fsp3) is 0.118. The van der Waals surface area contributed by atoms with E-state index in [1.807, 2.05) is 66.7 Å². The van der Waals surface area contributed by atoms with Gasteiger partial charge in [0.15, 0.2) is 4.80 Å². The van der Waals surface area contributed by atoms with Crippen molar-refractivity contribution < 1.29 is 9.13 Å². The van der Waals surface area contributed by atoms with Crippen LogP contribution in [0.2, 0.25) is 5.02 Å². The molecule has 4 aromatic carbocycles. The summed E-state index contributed by atoms with van der Waals surface area (Å²) >= 11 is 7.65. The normalized spacial score (nSPS) is 16.0. The Morgan fingerprint density at radius 2 is 1.78 bits per heavy atom. The Morgan fingerprint density at radius 1 is 0.976 bits per heavy atom. The molecular formula is C34H24ClFN2O2S. The maximum absolute atomic E-state index is 14.0. The number of thiazole rings is 1. The van der Waals surface area contributed by atoms with E-state index in [0.29, 0.717) is 26.7 Å². The lowest BCUT2D eigenvalue weighted by atomic mass is 9.83. The lowest BCUT2D eigenvalue weighted by Gasteiger charge is -2.30. The highest BCUT2D eigenvalue weighted by Gasteiger charge is 2.32. The highest BCUT2D eigenvalue weighted by molar-refractivity contribution is 7.07. The summed E-state index contributed by atoms with van der Waals surface area (Å²) in [6.45, 7) is 0.343. The number of aryl methyl sites for hydroxylation is 1. The predicted molar refractivity (Wildman–Crippen MR) is 161 cm³/mol. The molecule has 0 saturated carbocycles. The maximum atomic E-state index is 14.0. The first-order valence-corrected chi connectivity index (χ1v) is 14.6. The van der Waals surface area contributed by atoms with Crippen LogP contribution in [-0.4, -0.2) is 4.57 Å². The third-order valence-corrected chi connectivity index (χ3v) is 8.92. The van der Waals surface area contributed by atoms with Crippen molar-refractivity contribution in [3.05, 3.63) is 161 Å². The molecule has 0 bridgehead atoms. The van der Waals surface area contributed by atoms with Crippen LogP contribution in [0.3, 0.4) is 0 Å². The molecule has 0 N–H and O–H groups in total. The van der Waals surface area contributed by atoms with Crippen molar-refractivity contribution in [3.8, 4) is 5.75 Å². The van der Waals surface area contributed by atoms with Crippen molar-refractivity contribution in [1.82, 2.24) is 4.57 Å². The Labute approximate surface area is 245 Å². The summed E-state index contributed by atoms with van der Waals surface area (Å²) in [7, 11) is 0. The second-order valence-electron chi connectivity index (χ2n) is 10.1. The van der Waals surface area contributed by atoms with E-state index in [9.17, 15) is 9.18 Å². The van der Waals surface area contributed by atoms with E-state index in [2.05, 4.69) is 12.1 Å². The Hall–Kier alpha value is -4.26. The molecule has 7 heteroatoms. The van der Waals surface area contributed by atoms with Crippen molar-refractivity contribution in [3.63, 3.8) is 0 Å². The van der Waals surface area contributed by atoms with Crippen LogP contribution in [0.25, 0.3) is 11.8 Å². The SMILES string of the molecule is O=c1/c(=C/c2cccc(OCc3ccccc3Cl)c2)sc2n1[C@H](c1ccc(F)cc1)C1=C(N=2)c2ccccc2CC1. The summed E-state index contributed by atoms with van der Waals surface area (Å²) in [6.07, 6.45) is 3.53. The first-order chi connectivity index (χ1) is 20.0. The fourth-order valence-corrected chi connectivity index (χ4v) is 6.78. The number of rotatable bonds is 5. The van der Waals surface area contributed by atoms with Crippen LogP contribution in [-0.2, 0) is 13.0 Å². The molecule has 4 nitrogen and oxygen atoms in total. The van der Waals surface area contributed by atoms with Gasteiger partial charge in [-0.3, -0.25) is 9.36 Å². The summed E-state index contributed by atoms with van der Waals surface area (Å²) < 4.78 is 22.2. The van der Waals surface area contributed by atoms with Gasteiger partial charge in [0.1, 0.15) is 18.2 Å². The van der Waals surface area contributed by atoms with Gasteiger partial charge in [0, 0.05) is 16.1 Å². The standard InChI is InChI=1S/C34H24ClFN2O2S/c35-29-11-4-2-8-24(29)20-40-26-9-5-6-21(18-26)19-30-33(39)38-32(23-12-15-25(36)16-13-23)28-17-14-22-7-1-3-10-27(22)31(28)37-34(38)41-30/h1-13,15-16,18-19,32H,14,17,20H2/b30-19-/t32-/m1/s1. The lowest BCUT2D eigenvalue weighted by molar-refractivity contribution is 0.306. The van der Waals surface area contributed by atoms with E-state index < -0.39 is 0 Å². The quantitative estimate of drug-likeness (QED) is 0.233. The molecule has 0 fully saturated rings. The highest BCUT2D eigenvalue weighted by Crippen LogP contribution is 2.41. The molecule has 0 unspecified atom stereocenters. The van der Waals surface area contributed by atoms with Crippen LogP contribution in [0.5, 0.6) is 5.75 Å². The second-order valence-corrected chi connectivity index (χ2v) is 11.5. The van der Waals surface area contributed by atoms with Crippen molar-refractivity contribution in [1.29, 1.82) is 0 Å². The first-order valence-electron chi connectivity index (χ1n) is 13.4. The zero-order valence-electron chi connectivity index (χ0n) is 21.9. The number of hydrogen-bond acceptors (Lipinski definition) is 4. The van der Waals surface area contributed by atoms with Crippen molar-refractivity contribution >= 4 is 34.7 Å². The van der Waals surface area contributed by atoms with Gasteiger partial charge in [-0.05, 0) is 71.5 Å². The molecule has 0 amide bonds. The van der Waals surface area contributed by atoms with Gasteiger partial charge in [-0.1, -0.05) is 89.7 Å². The molecule has 41 heavy (non-hydrogen) atoms. The number of halogens is 2. The third kappa shape index (κ3) is 4.83. The molecule has 1 aliphatic carbocycles. The molecule has 2 aliphatic rings. The average molecular weight is 579 g/mol. The molecule has 1 atom stereocenters. The van der Waals surface area contributed by atoms with Gasteiger partial charge in [0.05, 0.1) is 16.3 Å². The molecule has 2 heterocycles. The number of fused-ring (bicyclic) bond motifs is 3. The van der Waals surface area contributed by atoms with Crippen molar-refractivity contribution in [2.75, 3.05) is 0 Å². The molecule has 5 aromatic rings. The molecule has 7 rings (SSSR count). The fourth-order valence-electron chi connectivity index (χ4n) is 5.59. The van der Waals surface area contributed by atoms with Crippen LogP contribution in [0.1, 0.15) is 40.3 Å². The second kappa shape index (κ2) is 10.6. The number of ether oxygens (including phenoxy) is 1. The Bertz CT molecular complexity index is 2010. The zero-order valence-corrected chi connectivity index (χ0v) is 23.5. The van der Waals surface area contributed by atoms with Gasteiger partial charge >= 0.3 is 0 Å². The minimum absolute atomic E-state index is 0.115. The van der Waals surface area contributed by atoms with Crippen LogP contribution >= 0.6 is 22.9 Å². The third-order valence-electron chi connectivity index (χ3n) is 7.57. The van der Waals surface area contributed by atoms with E-state index in [0.717, 1.165) is 46.4 Å². The zero-order chi connectivity index (χ0) is 27.9. The van der Waals surface area contributed by atoms with Gasteiger partial charge in [-0.2, -0.15) is 0 Å². The van der Waals surface area contributed by atoms with Crippen LogP contribution < -0.4 is 19.6 Å². The summed E-state index contributed by atoms with van der Waals surface area (Å²) in [5.74, 6) is 0.378. The summed E-state index contributed by atoms with van der Waals surface area (Å²) in [4.78, 5) is 19.6. The smallest absolute Gasteiger partial charge is 0.271 e. The van der Waals surface area contributed by atoms with Crippen LogP contribution in [0.4, 0.5) is 4.39 Å². The van der Waals surface area contributed by atoms with Crippen LogP contribution in [0, 0.1) is 5.82 Å². The molecule has 1 aromatic heterocycles. The van der Waals surface area contributed by atoms with Gasteiger partial charge in [-0.25, -0.2) is 9.38 Å². The Balaban J connectivity index is 1.32. The topological polar surface area (TPSA) is 43.6 Å². The van der Waals surface area contributed by atoms with E-state index in [-0.39, 0.29) is 17.4 Å². The molecule has 0 radical (unpaired) electrons. The largest absolute Gasteiger partial charge is 0.489 e. The van der Waals surface area contributed by atoms with E-state index in [1.54, 1.807) is 16.7 Å². The number of nitrogens with zero attached hydrogens (tertiary/aromatic N) is 2. The molecule has 202 valence electrons. The minimum Gasteiger partial charge on any atom is -0.489 e. The number of allylic oxidation sites excluding steroid dienone is 1. The number of aromatic nitrogens is 1. The summed E-state index contributed by atoms with van der Waals surface area (Å²) in [5, 5.41) is 0.658. The first kappa shape index (κ1) is 25.7. The highest BCUT2D eigenvalue weighted by atomic mass is 35.5. The van der Waals surface area contributed by atoms with E-state index in [4.69, 9.17) is 21.3 Å². The van der Waals surface area contributed by atoms with Gasteiger partial charge < -0.3 is 4.74 Å². The van der Waals surface area contributed by atoms with Gasteiger partial charge in [0.25, 0.3) is 5.56 Å². The molecule has 0 saturated heterocycles. The summed E-state index contributed by atoms with van der Waals surface area (Å²) in [6, 6.07) is 29.6. The maximum Gasteiger partial charge on any atom is 0.271 e. The number of benzene rings is 4. The summed E-state index contributed by atoms with van der Waals surface area (Å²) in [5.41, 5.74) is 6.86.